The van der Waals surface area contributed by atoms with Crippen LogP contribution < -0.4 is 14.8 Å². The fourth-order valence-corrected chi connectivity index (χ4v) is 3.42. The first-order valence-electron chi connectivity index (χ1n) is 7.12. The highest BCUT2D eigenvalue weighted by Crippen LogP contribution is 2.43. The van der Waals surface area contributed by atoms with E-state index in [1.807, 2.05) is 0 Å². The highest BCUT2D eigenvalue weighted by molar-refractivity contribution is 6.33. The summed E-state index contributed by atoms with van der Waals surface area (Å²) in [4.78, 5) is 0. The molecule has 0 saturated carbocycles. The highest BCUT2D eigenvalue weighted by atomic mass is 35.5. The maximum Gasteiger partial charge on any atom is 0.231 e. The average molecular weight is 282 g/mol. The maximum atomic E-state index is 6.45. The van der Waals surface area contributed by atoms with Crippen molar-refractivity contribution in [2.45, 2.75) is 45.1 Å². The van der Waals surface area contributed by atoms with Gasteiger partial charge in [-0.15, -0.1) is 0 Å². The third-order valence-corrected chi connectivity index (χ3v) is 4.43. The van der Waals surface area contributed by atoms with E-state index in [9.17, 15) is 0 Å². The number of hydrogen-bond acceptors (Lipinski definition) is 3. The molecule has 4 heteroatoms. The lowest BCUT2D eigenvalue weighted by Crippen LogP contribution is -2.35. The van der Waals surface area contributed by atoms with Gasteiger partial charge in [0.25, 0.3) is 0 Å². The van der Waals surface area contributed by atoms with Gasteiger partial charge in [0, 0.05) is 6.04 Å². The molecule has 1 atom stereocenters. The quantitative estimate of drug-likeness (QED) is 0.922. The van der Waals surface area contributed by atoms with Gasteiger partial charge in [0.2, 0.25) is 6.79 Å². The molecule has 0 aromatic heterocycles. The Hall–Kier alpha value is -0.930. The Kier molecular flexibility index (Phi) is 3.85. The Bertz CT molecular complexity index is 470. The van der Waals surface area contributed by atoms with Crippen LogP contribution in [0.3, 0.4) is 0 Å². The first-order valence-corrected chi connectivity index (χ1v) is 7.50. The first-order chi connectivity index (χ1) is 9.29. The Morgan fingerprint density at radius 2 is 2.26 bits per heavy atom. The van der Waals surface area contributed by atoms with Crippen molar-refractivity contribution in [1.82, 2.24) is 5.32 Å². The van der Waals surface area contributed by atoms with Crippen molar-refractivity contribution in [3.8, 4) is 11.5 Å². The van der Waals surface area contributed by atoms with E-state index in [2.05, 4.69) is 18.3 Å². The van der Waals surface area contributed by atoms with Crippen LogP contribution in [0.5, 0.6) is 11.5 Å². The molecule has 0 aliphatic carbocycles. The summed E-state index contributed by atoms with van der Waals surface area (Å²) in [5.41, 5.74) is 2.51. The number of benzene rings is 1. The number of halogens is 1. The molecule has 1 fully saturated rings. The first kappa shape index (κ1) is 13.1. The Morgan fingerprint density at radius 1 is 1.37 bits per heavy atom. The van der Waals surface area contributed by atoms with E-state index in [1.165, 1.54) is 30.4 Å². The van der Waals surface area contributed by atoms with Gasteiger partial charge in [-0.1, -0.05) is 24.9 Å². The van der Waals surface area contributed by atoms with Crippen molar-refractivity contribution in [1.29, 1.82) is 0 Å². The summed E-state index contributed by atoms with van der Waals surface area (Å²) in [7, 11) is 0. The third-order valence-electron chi connectivity index (χ3n) is 4.03. The smallest absolute Gasteiger partial charge is 0.231 e. The van der Waals surface area contributed by atoms with Gasteiger partial charge in [0.15, 0.2) is 11.5 Å². The largest absolute Gasteiger partial charge is 0.454 e. The molecular formula is C15H20ClNO2. The van der Waals surface area contributed by atoms with Gasteiger partial charge in [-0.3, -0.25) is 0 Å². The van der Waals surface area contributed by atoms with Gasteiger partial charge in [-0.05, 0) is 49.4 Å². The van der Waals surface area contributed by atoms with E-state index in [0.29, 0.717) is 6.04 Å². The average Bonchev–Trinajstić information content (AvgIpc) is 2.89. The van der Waals surface area contributed by atoms with Crippen molar-refractivity contribution in [2.75, 3.05) is 13.3 Å². The van der Waals surface area contributed by atoms with Crippen molar-refractivity contribution in [3.63, 3.8) is 0 Å². The minimum absolute atomic E-state index is 0.281. The molecule has 104 valence electrons. The second-order valence-corrected chi connectivity index (χ2v) is 5.64. The van der Waals surface area contributed by atoms with E-state index in [1.54, 1.807) is 0 Å². The minimum Gasteiger partial charge on any atom is -0.454 e. The molecule has 1 aromatic carbocycles. The summed E-state index contributed by atoms with van der Waals surface area (Å²) in [5, 5.41) is 4.33. The zero-order valence-corrected chi connectivity index (χ0v) is 12.1. The van der Waals surface area contributed by atoms with Crippen LogP contribution in [0.25, 0.3) is 0 Å². The summed E-state index contributed by atoms with van der Waals surface area (Å²) in [6.07, 6.45) is 5.81. The van der Waals surface area contributed by atoms with E-state index < -0.39 is 0 Å². The van der Waals surface area contributed by atoms with Gasteiger partial charge < -0.3 is 14.8 Å². The van der Waals surface area contributed by atoms with Crippen LogP contribution in [0.15, 0.2) is 6.07 Å². The molecule has 3 nitrogen and oxygen atoms in total. The summed E-state index contributed by atoms with van der Waals surface area (Å²) in [6, 6.07) is 2.68. The van der Waals surface area contributed by atoms with Crippen LogP contribution in [-0.2, 0) is 12.8 Å². The number of nitrogens with one attached hydrogen (secondary N) is 1. The van der Waals surface area contributed by atoms with Gasteiger partial charge in [0.1, 0.15) is 0 Å². The number of ether oxygens (including phenoxy) is 2. The van der Waals surface area contributed by atoms with Crippen LogP contribution in [0, 0.1) is 0 Å². The molecule has 1 aromatic rings. The number of rotatable bonds is 3. The lowest BCUT2D eigenvalue weighted by atomic mass is 9.93. The van der Waals surface area contributed by atoms with E-state index in [-0.39, 0.29) is 6.79 Å². The van der Waals surface area contributed by atoms with E-state index in [0.717, 1.165) is 35.9 Å². The third kappa shape index (κ3) is 2.54. The Balaban J connectivity index is 1.89. The second-order valence-electron chi connectivity index (χ2n) is 5.27. The van der Waals surface area contributed by atoms with Gasteiger partial charge in [0.05, 0.1) is 5.02 Å². The summed E-state index contributed by atoms with van der Waals surface area (Å²) in [6.45, 7) is 3.55. The SMILES string of the molecule is CCc1c(CC2CCCCN2)cc2c(c1Cl)OCO2. The van der Waals surface area contributed by atoms with Gasteiger partial charge in [-0.2, -0.15) is 0 Å². The summed E-state index contributed by atoms with van der Waals surface area (Å²) < 4.78 is 10.9. The molecule has 0 spiro atoms. The molecule has 1 N–H and O–H groups in total. The number of piperidine rings is 1. The monoisotopic (exact) mass is 281 g/mol. The standard InChI is InChI=1S/C15H20ClNO2/c1-2-12-10(7-11-5-3-4-6-17-11)8-13-15(14(12)16)19-9-18-13/h8,11,17H,2-7,9H2,1H3. The Morgan fingerprint density at radius 3 is 3.00 bits per heavy atom. The topological polar surface area (TPSA) is 30.5 Å². The van der Waals surface area contributed by atoms with Crippen LogP contribution >= 0.6 is 11.6 Å². The molecule has 2 aliphatic heterocycles. The lowest BCUT2D eigenvalue weighted by Gasteiger charge is -2.24. The summed E-state index contributed by atoms with van der Waals surface area (Å²) in [5.74, 6) is 1.52. The van der Waals surface area contributed by atoms with Gasteiger partial charge in [-0.25, -0.2) is 0 Å². The molecule has 0 amide bonds. The molecular weight excluding hydrogens is 262 g/mol. The van der Waals surface area contributed by atoms with Crippen molar-refractivity contribution in [2.24, 2.45) is 0 Å². The van der Waals surface area contributed by atoms with Crippen molar-refractivity contribution in [3.05, 3.63) is 22.2 Å². The predicted molar refractivity (Wildman–Crippen MR) is 76.3 cm³/mol. The number of hydrogen-bond donors (Lipinski definition) is 1. The highest BCUT2D eigenvalue weighted by Gasteiger charge is 2.24. The van der Waals surface area contributed by atoms with Crippen LogP contribution in [0.1, 0.15) is 37.3 Å². The normalized spacial score (nSPS) is 21.7. The Labute approximate surface area is 119 Å². The molecule has 0 bridgehead atoms. The lowest BCUT2D eigenvalue weighted by molar-refractivity contribution is 0.174. The number of fused-ring (bicyclic) bond motifs is 1. The molecule has 19 heavy (non-hydrogen) atoms. The summed E-state index contributed by atoms with van der Waals surface area (Å²) >= 11 is 6.45. The fourth-order valence-electron chi connectivity index (χ4n) is 3.02. The molecule has 2 heterocycles. The van der Waals surface area contributed by atoms with Crippen LogP contribution in [-0.4, -0.2) is 19.4 Å². The maximum absolute atomic E-state index is 6.45. The molecule has 3 rings (SSSR count). The predicted octanol–water partition coefficient (Wildman–Crippen LogP) is 3.32. The van der Waals surface area contributed by atoms with Crippen molar-refractivity contribution >= 4 is 11.6 Å². The molecule has 1 saturated heterocycles. The van der Waals surface area contributed by atoms with Crippen molar-refractivity contribution < 1.29 is 9.47 Å². The van der Waals surface area contributed by atoms with E-state index in [4.69, 9.17) is 21.1 Å². The van der Waals surface area contributed by atoms with Crippen LogP contribution in [0.4, 0.5) is 0 Å². The zero-order valence-electron chi connectivity index (χ0n) is 11.3. The minimum atomic E-state index is 0.281. The zero-order chi connectivity index (χ0) is 13.2. The fraction of sp³-hybridized carbons (Fsp3) is 0.600. The van der Waals surface area contributed by atoms with Crippen LogP contribution in [0.2, 0.25) is 5.02 Å². The second kappa shape index (κ2) is 5.59. The van der Waals surface area contributed by atoms with E-state index >= 15 is 0 Å². The molecule has 1 unspecified atom stereocenters. The molecule has 2 aliphatic rings. The van der Waals surface area contributed by atoms with Gasteiger partial charge >= 0.3 is 0 Å². The molecule has 0 radical (unpaired) electrons.